The third-order valence-electron chi connectivity index (χ3n) is 2.75. The minimum absolute atomic E-state index is 0.605. The number of nitrogens with zero attached hydrogens (tertiary/aromatic N) is 2. The first-order chi connectivity index (χ1) is 6.72. The summed E-state index contributed by atoms with van der Waals surface area (Å²) in [7, 11) is 1.87. The zero-order valence-electron chi connectivity index (χ0n) is 8.83. The molecule has 0 radical (unpaired) electrons. The molecule has 2 unspecified atom stereocenters. The summed E-state index contributed by atoms with van der Waals surface area (Å²) in [5.41, 5.74) is 1.09. The van der Waals surface area contributed by atoms with Gasteiger partial charge in [0.05, 0.1) is 0 Å². The minimum atomic E-state index is 0.605. The van der Waals surface area contributed by atoms with Gasteiger partial charge in [0.1, 0.15) is 18.0 Å². The Kier molecular flexibility index (Phi) is 2.27. The Morgan fingerprint density at radius 3 is 2.57 bits per heavy atom. The van der Waals surface area contributed by atoms with E-state index >= 15 is 0 Å². The lowest BCUT2D eigenvalue weighted by atomic mass is 10.3. The van der Waals surface area contributed by atoms with Gasteiger partial charge in [0.15, 0.2) is 0 Å². The van der Waals surface area contributed by atoms with E-state index in [0.717, 1.165) is 23.1 Å². The monoisotopic (exact) mass is 192 g/mol. The Labute approximate surface area is 84.2 Å². The van der Waals surface area contributed by atoms with Crippen molar-refractivity contribution in [3.05, 3.63) is 11.9 Å². The minimum Gasteiger partial charge on any atom is -0.373 e. The molecule has 1 aliphatic rings. The first-order valence-electron chi connectivity index (χ1n) is 4.98. The van der Waals surface area contributed by atoms with Gasteiger partial charge in [-0.25, -0.2) is 9.97 Å². The maximum atomic E-state index is 4.24. The molecule has 76 valence electrons. The van der Waals surface area contributed by atoms with Crippen LogP contribution in [0.3, 0.4) is 0 Å². The van der Waals surface area contributed by atoms with E-state index < -0.39 is 0 Å². The fourth-order valence-corrected chi connectivity index (χ4v) is 1.55. The summed E-state index contributed by atoms with van der Waals surface area (Å²) in [6.07, 6.45) is 2.84. The van der Waals surface area contributed by atoms with Gasteiger partial charge >= 0.3 is 0 Å². The van der Waals surface area contributed by atoms with E-state index in [9.17, 15) is 0 Å². The van der Waals surface area contributed by atoms with Gasteiger partial charge in [-0.1, -0.05) is 6.92 Å². The average Bonchev–Trinajstić information content (AvgIpc) is 2.86. The zero-order chi connectivity index (χ0) is 10.1. The van der Waals surface area contributed by atoms with Gasteiger partial charge < -0.3 is 10.6 Å². The van der Waals surface area contributed by atoms with Crippen molar-refractivity contribution in [2.75, 3.05) is 17.7 Å². The average molecular weight is 192 g/mol. The van der Waals surface area contributed by atoms with Crippen LogP contribution >= 0.6 is 0 Å². The van der Waals surface area contributed by atoms with Gasteiger partial charge in [0.2, 0.25) is 0 Å². The van der Waals surface area contributed by atoms with Crippen molar-refractivity contribution in [2.24, 2.45) is 5.92 Å². The van der Waals surface area contributed by atoms with Gasteiger partial charge in [0.25, 0.3) is 0 Å². The summed E-state index contributed by atoms with van der Waals surface area (Å²) in [6, 6.07) is 0.605. The molecule has 1 aromatic heterocycles. The predicted molar refractivity (Wildman–Crippen MR) is 57.5 cm³/mol. The second-order valence-electron chi connectivity index (χ2n) is 3.91. The molecule has 1 fully saturated rings. The van der Waals surface area contributed by atoms with Crippen LogP contribution in [0.1, 0.15) is 18.9 Å². The lowest BCUT2D eigenvalue weighted by Gasteiger charge is -2.10. The molecule has 1 aromatic rings. The van der Waals surface area contributed by atoms with E-state index in [4.69, 9.17) is 0 Å². The van der Waals surface area contributed by atoms with Crippen molar-refractivity contribution in [3.63, 3.8) is 0 Å². The Morgan fingerprint density at radius 1 is 1.36 bits per heavy atom. The topological polar surface area (TPSA) is 49.8 Å². The number of anilines is 2. The second kappa shape index (κ2) is 3.44. The molecular formula is C10H16N4. The smallest absolute Gasteiger partial charge is 0.134 e. The molecule has 4 heteroatoms. The highest BCUT2D eigenvalue weighted by atomic mass is 15.1. The Balaban J connectivity index is 2.16. The van der Waals surface area contributed by atoms with E-state index in [1.807, 2.05) is 14.0 Å². The van der Waals surface area contributed by atoms with Crippen LogP contribution < -0.4 is 10.6 Å². The van der Waals surface area contributed by atoms with Gasteiger partial charge in [-0.05, 0) is 19.3 Å². The molecule has 2 N–H and O–H groups in total. The number of nitrogens with one attached hydrogen (secondary N) is 2. The standard InChI is InChI=1S/C10H16N4/c1-6-4-8(6)14-10-7(2)9(11-3)12-5-13-10/h5-6,8H,4H2,1-3H3,(H2,11,12,13,14). The Morgan fingerprint density at radius 2 is 2.00 bits per heavy atom. The maximum absolute atomic E-state index is 4.24. The second-order valence-corrected chi connectivity index (χ2v) is 3.91. The van der Waals surface area contributed by atoms with Crippen molar-refractivity contribution >= 4 is 11.6 Å². The molecule has 0 spiro atoms. The third kappa shape index (κ3) is 1.64. The van der Waals surface area contributed by atoms with Gasteiger partial charge in [-0.2, -0.15) is 0 Å². The van der Waals surface area contributed by atoms with Crippen LogP contribution in [0.2, 0.25) is 0 Å². The summed E-state index contributed by atoms with van der Waals surface area (Å²) >= 11 is 0. The number of hydrogen-bond donors (Lipinski definition) is 2. The van der Waals surface area contributed by atoms with E-state index in [2.05, 4.69) is 27.5 Å². The SMILES string of the molecule is CNc1ncnc(NC2CC2C)c1C. The Hall–Kier alpha value is -1.32. The largest absolute Gasteiger partial charge is 0.373 e. The van der Waals surface area contributed by atoms with Gasteiger partial charge in [-0.15, -0.1) is 0 Å². The molecule has 2 atom stereocenters. The van der Waals surface area contributed by atoms with Crippen molar-refractivity contribution in [1.29, 1.82) is 0 Å². The molecule has 0 amide bonds. The van der Waals surface area contributed by atoms with Gasteiger partial charge in [0, 0.05) is 18.7 Å². The summed E-state index contributed by atoms with van der Waals surface area (Å²) in [5, 5.41) is 6.47. The molecule has 0 saturated heterocycles. The highest BCUT2D eigenvalue weighted by Crippen LogP contribution is 2.33. The quantitative estimate of drug-likeness (QED) is 0.764. The fourth-order valence-electron chi connectivity index (χ4n) is 1.55. The third-order valence-corrected chi connectivity index (χ3v) is 2.75. The normalized spacial score (nSPS) is 24.5. The molecule has 1 saturated carbocycles. The van der Waals surface area contributed by atoms with Crippen LogP contribution in [-0.4, -0.2) is 23.1 Å². The van der Waals surface area contributed by atoms with Crippen LogP contribution in [0, 0.1) is 12.8 Å². The summed E-state index contributed by atoms with van der Waals surface area (Å²) in [5.74, 6) is 2.64. The molecule has 0 aliphatic heterocycles. The Bertz CT molecular complexity index is 337. The van der Waals surface area contributed by atoms with E-state index in [1.165, 1.54) is 6.42 Å². The molecule has 1 heterocycles. The maximum Gasteiger partial charge on any atom is 0.134 e. The predicted octanol–water partition coefficient (Wildman–Crippen LogP) is 1.65. The van der Waals surface area contributed by atoms with E-state index in [-0.39, 0.29) is 0 Å². The number of aromatic nitrogens is 2. The highest BCUT2D eigenvalue weighted by Gasteiger charge is 2.33. The summed E-state index contributed by atoms with van der Waals surface area (Å²) in [6.45, 7) is 4.27. The summed E-state index contributed by atoms with van der Waals surface area (Å²) < 4.78 is 0. The van der Waals surface area contributed by atoms with Crippen LogP contribution in [0.25, 0.3) is 0 Å². The van der Waals surface area contributed by atoms with E-state index in [0.29, 0.717) is 6.04 Å². The van der Waals surface area contributed by atoms with Gasteiger partial charge in [-0.3, -0.25) is 0 Å². The van der Waals surface area contributed by atoms with E-state index in [1.54, 1.807) is 6.33 Å². The fraction of sp³-hybridized carbons (Fsp3) is 0.600. The van der Waals surface area contributed by atoms with Crippen molar-refractivity contribution < 1.29 is 0 Å². The lowest BCUT2D eigenvalue weighted by molar-refractivity contribution is 0.919. The molecule has 1 aliphatic carbocycles. The number of rotatable bonds is 3. The van der Waals surface area contributed by atoms with Crippen LogP contribution in [-0.2, 0) is 0 Å². The molecule has 4 nitrogen and oxygen atoms in total. The van der Waals surface area contributed by atoms with Crippen molar-refractivity contribution in [3.8, 4) is 0 Å². The first kappa shape index (κ1) is 9.24. The zero-order valence-corrected chi connectivity index (χ0v) is 8.83. The highest BCUT2D eigenvalue weighted by molar-refractivity contribution is 5.56. The lowest BCUT2D eigenvalue weighted by Crippen LogP contribution is -2.09. The van der Waals surface area contributed by atoms with Crippen LogP contribution in [0.15, 0.2) is 6.33 Å². The number of hydrogen-bond acceptors (Lipinski definition) is 4. The summed E-state index contributed by atoms with van der Waals surface area (Å²) in [4.78, 5) is 8.38. The van der Waals surface area contributed by atoms with Crippen LogP contribution in [0.4, 0.5) is 11.6 Å². The molecule has 0 bridgehead atoms. The van der Waals surface area contributed by atoms with Crippen molar-refractivity contribution in [2.45, 2.75) is 26.3 Å². The molecule has 0 aromatic carbocycles. The first-order valence-corrected chi connectivity index (χ1v) is 4.98. The van der Waals surface area contributed by atoms with Crippen molar-refractivity contribution in [1.82, 2.24) is 9.97 Å². The molecule has 14 heavy (non-hydrogen) atoms. The molecular weight excluding hydrogens is 176 g/mol. The molecule has 2 rings (SSSR count). The van der Waals surface area contributed by atoms with Crippen LogP contribution in [0.5, 0.6) is 0 Å².